The van der Waals surface area contributed by atoms with E-state index in [9.17, 15) is 4.91 Å². The number of rotatable bonds is 4. The Morgan fingerprint density at radius 1 is 1.31 bits per heavy atom. The van der Waals surface area contributed by atoms with Gasteiger partial charge in [0.05, 0.1) is 6.54 Å². The molecule has 0 aromatic heterocycles. The van der Waals surface area contributed by atoms with Crippen LogP contribution in [0.15, 0.2) is 5.18 Å². The van der Waals surface area contributed by atoms with E-state index < -0.39 is 0 Å². The second-order valence-corrected chi connectivity index (χ2v) is 4.65. The summed E-state index contributed by atoms with van der Waals surface area (Å²) in [6.45, 7) is 4.45. The molecule has 0 saturated heterocycles. The Balaban J connectivity index is 2.32. The first-order valence-corrected chi connectivity index (χ1v) is 5.21. The standard InChI is InChI=1S/C10H20N2O/c1-10(2,8-11-13)12-9-6-4-3-5-7-9/h9,12H,3-8H2,1-2H3. The minimum Gasteiger partial charge on any atom is -0.307 e. The van der Waals surface area contributed by atoms with Gasteiger partial charge in [0.2, 0.25) is 0 Å². The van der Waals surface area contributed by atoms with E-state index in [1.54, 1.807) is 0 Å². The Morgan fingerprint density at radius 3 is 2.46 bits per heavy atom. The third-order valence-corrected chi connectivity index (χ3v) is 2.66. The molecule has 1 aliphatic rings. The third kappa shape index (κ3) is 3.85. The zero-order chi connectivity index (χ0) is 9.73. The van der Waals surface area contributed by atoms with Crippen LogP contribution >= 0.6 is 0 Å². The highest BCUT2D eigenvalue weighted by atomic mass is 16.3. The zero-order valence-corrected chi connectivity index (χ0v) is 8.68. The third-order valence-electron chi connectivity index (χ3n) is 2.66. The lowest BCUT2D eigenvalue weighted by molar-refractivity contribution is 0.285. The van der Waals surface area contributed by atoms with Crippen LogP contribution in [0.3, 0.4) is 0 Å². The largest absolute Gasteiger partial charge is 0.307 e. The summed E-state index contributed by atoms with van der Waals surface area (Å²) in [6, 6.07) is 0.602. The van der Waals surface area contributed by atoms with Crippen molar-refractivity contribution in [1.82, 2.24) is 5.32 Å². The predicted molar refractivity (Wildman–Crippen MR) is 54.7 cm³/mol. The minimum absolute atomic E-state index is 0.121. The van der Waals surface area contributed by atoms with Gasteiger partial charge in [-0.3, -0.25) is 0 Å². The lowest BCUT2D eigenvalue weighted by Crippen LogP contribution is -2.48. The molecule has 3 nitrogen and oxygen atoms in total. The minimum atomic E-state index is -0.121. The first kappa shape index (κ1) is 10.6. The van der Waals surface area contributed by atoms with Crippen molar-refractivity contribution in [1.29, 1.82) is 0 Å². The van der Waals surface area contributed by atoms with E-state index >= 15 is 0 Å². The summed E-state index contributed by atoms with van der Waals surface area (Å²) in [7, 11) is 0. The van der Waals surface area contributed by atoms with E-state index in [4.69, 9.17) is 0 Å². The Morgan fingerprint density at radius 2 is 1.92 bits per heavy atom. The summed E-state index contributed by atoms with van der Waals surface area (Å²) in [4.78, 5) is 10.2. The van der Waals surface area contributed by atoms with Crippen LogP contribution in [-0.2, 0) is 0 Å². The molecule has 76 valence electrons. The highest BCUT2D eigenvalue weighted by Gasteiger charge is 2.23. The van der Waals surface area contributed by atoms with Crippen molar-refractivity contribution >= 4 is 0 Å². The molecule has 0 bridgehead atoms. The summed E-state index contributed by atoms with van der Waals surface area (Å²) < 4.78 is 0. The lowest BCUT2D eigenvalue weighted by Gasteiger charge is -2.32. The van der Waals surface area contributed by atoms with Crippen molar-refractivity contribution in [3.05, 3.63) is 4.91 Å². The van der Waals surface area contributed by atoms with Crippen molar-refractivity contribution < 1.29 is 0 Å². The van der Waals surface area contributed by atoms with Gasteiger partial charge in [-0.2, -0.15) is 4.91 Å². The summed E-state index contributed by atoms with van der Waals surface area (Å²) in [5, 5.41) is 6.46. The van der Waals surface area contributed by atoms with Crippen LogP contribution in [0.25, 0.3) is 0 Å². The molecule has 1 aliphatic carbocycles. The molecule has 1 saturated carbocycles. The van der Waals surface area contributed by atoms with Gasteiger partial charge in [-0.1, -0.05) is 24.4 Å². The van der Waals surface area contributed by atoms with Crippen LogP contribution in [0, 0.1) is 4.91 Å². The molecule has 13 heavy (non-hydrogen) atoms. The SMILES string of the molecule is CC(C)(CN=O)NC1CCCCC1. The molecule has 0 amide bonds. The highest BCUT2D eigenvalue weighted by molar-refractivity contribution is 4.85. The fraction of sp³-hybridized carbons (Fsp3) is 1.00. The van der Waals surface area contributed by atoms with E-state index in [1.165, 1.54) is 32.1 Å². The molecule has 0 aliphatic heterocycles. The van der Waals surface area contributed by atoms with Crippen LogP contribution in [0.1, 0.15) is 46.0 Å². The van der Waals surface area contributed by atoms with E-state index in [2.05, 4.69) is 10.5 Å². The molecular weight excluding hydrogens is 164 g/mol. The Hall–Kier alpha value is -0.440. The highest BCUT2D eigenvalue weighted by Crippen LogP contribution is 2.19. The normalized spacial score (nSPS) is 20.2. The number of nitroso groups, excluding NO2 is 1. The summed E-state index contributed by atoms with van der Waals surface area (Å²) in [5.41, 5.74) is -0.121. The van der Waals surface area contributed by atoms with Gasteiger partial charge in [0, 0.05) is 11.6 Å². The van der Waals surface area contributed by atoms with Crippen LogP contribution in [-0.4, -0.2) is 18.1 Å². The fourth-order valence-electron chi connectivity index (χ4n) is 2.01. The van der Waals surface area contributed by atoms with E-state index in [-0.39, 0.29) is 5.54 Å². The molecule has 1 N–H and O–H groups in total. The molecular formula is C10H20N2O. The summed E-state index contributed by atoms with van der Waals surface area (Å²) in [6.07, 6.45) is 6.51. The first-order chi connectivity index (χ1) is 6.14. The van der Waals surface area contributed by atoms with Gasteiger partial charge in [-0.05, 0) is 26.7 Å². The van der Waals surface area contributed by atoms with E-state index in [0.717, 1.165) is 0 Å². The maximum Gasteiger partial charge on any atom is 0.0987 e. The maximum atomic E-state index is 10.2. The van der Waals surface area contributed by atoms with E-state index in [0.29, 0.717) is 12.6 Å². The van der Waals surface area contributed by atoms with Gasteiger partial charge in [-0.15, -0.1) is 0 Å². The predicted octanol–water partition coefficient (Wildman–Crippen LogP) is 2.45. The van der Waals surface area contributed by atoms with Crippen molar-refractivity contribution in [2.45, 2.75) is 57.5 Å². The van der Waals surface area contributed by atoms with Crippen LogP contribution in [0.4, 0.5) is 0 Å². The Bertz CT molecular complexity index is 162. The van der Waals surface area contributed by atoms with Crippen molar-refractivity contribution in [2.24, 2.45) is 5.18 Å². The average molecular weight is 184 g/mol. The number of nitrogens with zero attached hydrogens (tertiary/aromatic N) is 1. The van der Waals surface area contributed by atoms with Gasteiger partial charge >= 0.3 is 0 Å². The molecule has 3 heteroatoms. The molecule has 0 atom stereocenters. The van der Waals surface area contributed by atoms with Crippen molar-refractivity contribution in [2.75, 3.05) is 6.54 Å². The number of hydrogen-bond donors (Lipinski definition) is 1. The molecule has 1 fully saturated rings. The molecule has 0 heterocycles. The molecule has 0 aromatic carbocycles. The average Bonchev–Trinajstić information content (AvgIpc) is 2.04. The lowest BCUT2D eigenvalue weighted by atomic mass is 9.93. The van der Waals surface area contributed by atoms with Gasteiger partial charge in [0.15, 0.2) is 0 Å². The number of hydrogen-bond acceptors (Lipinski definition) is 3. The number of nitrogens with one attached hydrogen (secondary N) is 1. The van der Waals surface area contributed by atoms with Crippen LogP contribution < -0.4 is 5.32 Å². The van der Waals surface area contributed by atoms with Gasteiger partial charge in [0.25, 0.3) is 0 Å². The zero-order valence-electron chi connectivity index (χ0n) is 8.68. The van der Waals surface area contributed by atoms with Crippen molar-refractivity contribution in [3.8, 4) is 0 Å². The maximum absolute atomic E-state index is 10.2. The fourth-order valence-corrected chi connectivity index (χ4v) is 2.01. The van der Waals surface area contributed by atoms with Crippen molar-refractivity contribution in [3.63, 3.8) is 0 Å². The van der Waals surface area contributed by atoms with Crippen LogP contribution in [0.2, 0.25) is 0 Å². The molecule has 0 unspecified atom stereocenters. The smallest absolute Gasteiger partial charge is 0.0987 e. The topological polar surface area (TPSA) is 41.5 Å². The second kappa shape index (κ2) is 4.70. The van der Waals surface area contributed by atoms with Crippen LogP contribution in [0.5, 0.6) is 0 Å². The second-order valence-electron chi connectivity index (χ2n) is 4.65. The first-order valence-electron chi connectivity index (χ1n) is 5.21. The van der Waals surface area contributed by atoms with E-state index in [1.807, 2.05) is 13.8 Å². The summed E-state index contributed by atoms with van der Waals surface area (Å²) in [5.74, 6) is 0. The quantitative estimate of drug-likeness (QED) is 0.682. The van der Waals surface area contributed by atoms with Gasteiger partial charge < -0.3 is 5.32 Å². The van der Waals surface area contributed by atoms with Gasteiger partial charge in [0.1, 0.15) is 0 Å². The molecule has 0 spiro atoms. The summed E-state index contributed by atoms with van der Waals surface area (Å²) >= 11 is 0. The Labute approximate surface area is 80.3 Å². The van der Waals surface area contributed by atoms with Gasteiger partial charge in [-0.25, -0.2) is 0 Å². The molecule has 1 rings (SSSR count). The Kier molecular flexibility index (Phi) is 3.85. The molecule has 0 radical (unpaired) electrons. The monoisotopic (exact) mass is 184 g/mol. The molecule has 0 aromatic rings.